The summed E-state index contributed by atoms with van der Waals surface area (Å²) >= 11 is 0. The number of nitrogens with zero attached hydrogens (tertiary/aromatic N) is 1. The molecule has 0 aromatic rings. The maximum Gasteiger partial charge on any atom is 0.409 e. The van der Waals surface area contributed by atoms with Gasteiger partial charge in [0.2, 0.25) is 0 Å². The molecule has 0 saturated carbocycles. The predicted molar refractivity (Wildman–Crippen MR) is 109 cm³/mol. The number of nitrogens with one attached hydrogen (secondary N) is 1. The zero-order valence-electron chi connectivity index (χ0n) is 18.0. The minimum Gasteiger partial charge on any atom is -0.445 e. The smallest absolute Gasteiger partial charge is 0.409 e. The fourth-order valence-electron chi connectivity index (χ4n) is 2.59. The average Bonchev–Trinajstić information content (AvgIpc) is 2.62. The molecule has 0 aliphatic rings. The van der Waals surface area contributed by atoms with Crippen LogP contribution < -0.4 is 5.32 Å². The van der Waals surface area contributed by atoms with Crippen molar-refractivity contribution in [3.63, 3.8) is 0 Å². The minimum absolute atomic E-state index is 0.0275. The number of hydrogen-bond acceptors (Lipinski definition) is 5. The number of carbonyl (C=O) groups excluding carboxylic acids is 3. The normalized spacial score (nSPS) is 14.6. The number of carbonyl (C=O) groups is 3. The highest BCUT2D eigenvalue weighted by atomic mass is 16.6. The number of ketones is 2. The molecule has 2 unspecified atom stereocenters. The highest BCUT2D eigenvalue weighted by Crippen LogP contribution is 2.12. The standard InChI is InChI=1S/C21H38N2O4/c1-17(18(2)24)14-12-10-8-7-9-11-13-15-27-20(26)23(6)16-21(4,22-5)19(3)25/h11,13,17,22H,7-10,12,14-16H2,1-6H3/b13-11+. The van der Waals surface area contributed by atoms with Crippen LogP contribution in [0.3, 0.4) is 0 Å². The Bertz CT molecular complexity index is 504. The zero-order valence-corrected chi connectivity index (χ0v) is 18.0. The monoisotopic (exact) mass is 382 g/mol. The third kappa shape index (κ3) is 10.9. The van der Waals surface area contributed by atoms with E-state index >= 15 is 0 Å². The largest absolute Gasteiger partial charge is 0.445 e. The molecule has 0 spiro atoms. The average molecular weight is 383 g/mol. The number of allylic oxidation sites excluding steroid dienone is 1. The summed E-state index contributed by atoms with van der Waals surface area (Å²) in [6.07, 6.45) is 9.85. The molecule has 0 aliphatic heterocycles. The molecule has 27 heavy (non-hydrogen) atoms. The number of rotatable bonds is 14. The van der Waals surface area contributed by atoms with Crippen molar-refractivity contribution in [2.45, 2.75) is 71.8 Å². The molecule has 0 rings (SSSR count). The van der Waals surface area contributed by atoms with Crippen molar-refractivity contribution in [3.8, 4) is 0 Å². The summed E-state index contributed by atoms with van der Waals surface area (Å²) in [5.41, 5.74) is -0.772. The third-order valence-corrected chi connectivity index (χ3v) is 5.12. The molecule has 0 aromatic heterocycles. The lowest BCUT2D eigenvalue weighted by Crippen LogP contribution is -2.55. The molecule has 0 aromatic carbocycles. The van der Waals surface area contributed by atoms with Crippen molar-refractivity contribution in [2.75, 3.05) is 27.2 Å². The summed E-state index contributed by atoms with van der Waals surface area (Å²) in [5, 5.41) is 2.95. The van der Waals surface area contributed by atoms with E-state index in [4.69, 9.17) is 4.74 Å². The molecule has 0 saturated heterocycles. The van der Waals surface area contributed by atoms with Crippen molar-refractivity contribution >= 4 is 17.7 Å². The van der Waals surface area contributed by atoms with Gasteiger partial charge in [0, 0.05) is 19.5 Å². The second-order valence-electron chi connectivity index (χ2n) is 7.55. The van der Waals surface area contributed by atoms with Gasteiger partial charge in [0.15, 0.2) is 5.78 Å². The molecule has 1 amide bonds. The predicted octanol–water partition coefficient (Wildman–Crippen LogP) is 3.74. The first-order valence-corrected chi connectivity index (χ1v) is 9.87. The first-order chi connectivity index (χ1) is 12.6. The molecular weight excluding hydrogens is 344 g/mol. The van der Waals surface area contributed by atoms with E-state index in [0.29, 0.717) is 0 Å². The van der Waals surface area contributed by atoms with Crippen molar-refractivity contribution in [3.05, 3.63) is 12.2 Å². The van der Waals surface area contributed by atoms with Gasteiger partial charge >= 0.3 is 6.09 Å². The van der Waals surface area contributed by atoms with E-state index in [-0.39, 0.29) is 30.6 Å². The van der Waals surface area contributed by atoms with Gasteiger partial charge in [0.1, 0.15) is 12.4 Å². The Labute approximate surface area is 164 Å². The van der Waals surface area contributed by atoms with Crippen molar-refractivity contribution in [2.24, 2.45) is 5.92 Å². The molecule has 156 valence electrons. The summed E-state index contributed by atoms with van der Waals surface area (Å²) in [4.78, 5) is 36.2. The van der Waals surface area contributed by atoms with Crippen LogP contribution in [0, 0.1) is 5.92 Å². The Morgan fingerprint density at radius 2 is 1.74 bits per heavy atom. The highest BCUT2D eigenvalue weighted by molar-refractivity contribution is 5.86. The molecule has 0 bridgehead atoms. The van der Waals surface area contributed by atoms with Crippen LogP contribution in [0.4, 0.5) is 4.79 Å². The third-order valence-electron chi connectivity index (χ3n) is 5.12. The maximum atomic E-state index is 12.0. The van der Waals surface area contributed by atoms with Gasteiger partial charge in [-0.25, -0.2) is 4.79 Å². The molecule has 0 radical (unpaired) electrons. The van der Waals surface area contributed by atoms with Crippen LogP contribution in [-0.2, 0) is 14.3 Å². The molecule has 0 aliphatic carbocycles. The van der Waals surface area contributed by atoms with Crippen LogP contribution in [0.1, 0.15) is 66.2 Å². The molecule has 0 fully saturated rings. The van der Waals surface area contributed by atoms with Gasteiger partial charge in [-0.05, 0) is 47.1 Å². The second-order valence-corrected chi connectivity index (χ2v) is 7.55. The molecule has 6 heteroatoms. The summed E-state index contributed by atoms with van der Waals surface area (Å²) in [6, 6.07) is 0. The lowest BCUT2D eigenvalue weighted by molar-refractivity contribution is -0.123. The van der Waals surface area contributed by atoms with Gasteiger partial charge in [-0.15, -0.1) is 0 Å². The van der Waals surface area contributed by atoms with E-state index in [1.807, 2.05) is 19.1 Å². The van der Waals surface area contributed by atoms with Gasteiger partial charge in [-0.3, -0.25) is 9.59 Å². The Morgan fingerprint density at radius 3 is 2.30 bits per heavy atom. The van der Waals surface area contributed by atoms with Crippen LogP contribution in [0.2, 0.25) is 0 Å². The topological polar surface area (TPSA) is 75.7 Å². The Balaban J connectivity index is 3.85. The van der Waals surface area contributed by atoms with E-state index in [1.165, 1.54) is 11.8 Å². The summed E-state index contributed by atoms with van der Waals surface area (Å²) in [7, 11) is 3.32. The number of likely N-dealkylation sites (N-methyl/N-ethyl adjacent to an activating group) is 2. The number of ether oxygens (including phenoxy) is 1. The Hall–Kier alpha value is -1.69. The van der Waals surface area contributed by atoms with E-state index in [2.05, 4.69) is 5.32 Å². The van der Waals surface area contributed by atoms with Gasteiger partial charge in [0.05, 0.1) is 5.54 Å². The summed E-state index contributed by atoms with van der Waals surface area (Å²) in [6.45, 7) is 7.40. The molecule has 0 heterocycles. The van der Waals surface area contributed by atoms with E-state index in [0.717, 1.165) is 38.5 Å². The van der Waals surface area contributed by atoms with Crippen LogP contribution in [-0.4, -0.2) is 55.3 Å². The van der Waals surface area contributed by atoms with Crippen molar-refractivity contribution in [1.29, 1.82) is 0 Å². The molecule has 2 atom stereocenters. The quantitative estimate of drug-likeness (QED) is 0.366. The van der Waals surface area contributed by atoms with Crippen LogP contribution >= 0.6 is 0 Å². The Kier molecular flexibility index (Phi) is 12.6. The van der Waals surface area contributed by atoms with Crippen LogP contribution in [0.5, 0.6) is 0 Å². The number of amides is 1. The van der Waals surface area contributed by atoms with Crippen molar-refractivity contribution < 1.29 is 19.1 Å². The maximum absolute atomic E-state index is 12.0. The molecule has 6 nitrogen and oxygen atoms in total. The van der Waals surface area contributed by atoms with Gasteiger partial charge < -0.3 is 15.0 Å². The molecule has 1 N–H and O–H groups in total. The zero-order chi connectivity index (χ0) is 20.9. The first kappa shape index (κ1) is 25.3. The highest BCUT2D eigenvalue weighted by Gasteiger charge is 2.31. The van der Waals surface area contributed by atoms with Gasteiger partial charge in [-0.1, -0.05) is 38.3 Å². The fraction of sp³-hybridized carbons (Fsp3) is 0.762. The number of hydrogen-bond donors (Lipinski definition) is 1. The summed E-state index contributed by atoms with van der Waals surface area (Å²) < 4.78 is 5.20. The van der Waals surface area contributed by atoms with E-state index < -0.39 is 11.6 Å². The Morgan fingerprint density at radius 1 is 1.11 bits per heavy atom. The fourth-order valence-corrected chi connectivity index (χ4v) is 2.59. The second kappa shape index (κ2) is 13.5. The number of unbranched alkanes of at least 4 members (excludes halogenated alkanes) is 4. The molecular formula is C21H38N2O4. The van der Waals surface area contributed by atoms with Gasteiger partial charge in [-0.2, -0.15) is 0 Å². The SMILES string of the molecule is CNC(C)(CN(C)C(=O)OC/C=C/CCCCCCC(C)C(C)=O)C(C)=O. The lowest BCUT2D eigenvalue weighted by atomic mass is 9.97. The van der Waals surface area contributed by atoms with Crippen molar-refractivity contribution in [1.82, 2.24) is 10.2 Å². The van der Waals surface area contributed by atoms with Gasteiger partial charge in [0.25, 0.3) is 0 Å². The number of Topliss-reactive ketones (excluding diaryl/α,β-unsaturated/α-hetero) is 2. The lowest BCUT2D eigenvalue weighted by Gasteiger charge is -2.30. The minimum atomic E-state index is -0.772. The van der Waals surface area contributed by atoms with E-state index in [9.17, 15) is 14.4 Å². The summed E-state index contributed by atoms with van der Waals surface area (Å²) in [5.74, 6) is 0.425. The van der Waals surface area contributed by atoms with Crippen LogP contribution in [0.25, 0.3) is 0 Å². The first-order valence-electron chi connectivity index (χ1n) is 9.87. The van der Waals surface area contributed by atoms with Crippen LogP contribution in [0.15, 0.2) is 12.2 Å². The van der Waals surface area contributed by atoms with E-state index in [1.54, 1.807) is 27.9 Å².